The first-order chi connectivity index (χ1) is 11.4. The first-order valence-electron chi connectivity index (χ1n) is 8.05. The summed E-state index contributed by atoms with van der Waals surface area (Å²) in [5, 5.41) is 3.16. The summed E-state index contributed by atoms with van der Waals surface area (Å²) in [6, 6.07) is -0.230. The Kier molecular flexibility index (Phi) is 4.82. The summed E-state index contributed by atoms with van der Waals surface area (Å²) in [5.74, 6) is 0.324. The summed E-state index contributed by atoms with van der Waals surface area (Å²) in [5.41, 5.74) is -0.822. The van der Waals surface area contributed by atoms with Gasteiger partial charge in [-0.05, 0) is 19.3 Å². The van der Waals surface area contributed by atoms with Crippen LogP contribution in [0.2, 0.25) is 0 Å². The van der Waals surface area contributed by atoms with Gasteiger partial charge in [0.05, 0.1) is 18.3 Å². The molecule has 1 amide bonds. The lowest BCUT2D eigenvalue weighted by Gasteiger charge is -2.32. The lowest BCUT2D eigenvalue weighted by Crippen LogP contribution is -2.46. The van der Waals surface area contributed by atoms with Crippen LogP contribution in [-0.4, -0.2) is 59.7 Å². The number of carbonyl (C=O) groups is 1. The van der Waals surface area contributed by atoms with Crippen LogP contribution in [0.3, 0.4) is 0 Å². The monoisotopic (exact) mass is 346 g/mol. The minimum atomic E-state index is -4.41. The van der Waals surface area contributed by atoms with E-state index in [9.17, 15) is 18.0 Å². The molecule has 6 nitrogen and oxygen atoms in total. The van der Waals surface area contributed by atoms with Crippen LogP contribution in [0.4, 0.5) is 13.2 Å². The number of hydrogen-bond acceptors (Lipinski definition) is 4. The van der Waals surface area contributed by atoms with Crippen molar-refractivity contribution in [1.82, 2.24) is 20.2 Å². The Bertz CT molecular complexity index is 582. The third-order valence-electron chi connectivity index (χ3n) is 4.82. The van der Waals surface area contributed by atoms with Crippen LogP contribution in [0, 0.1) is 0 Å². The van der Waals surface area contributed by atoms with Gasteiger partial charge in [0.15, 0.2) is 0 Å². The Balaban J connectivity index is 1.54. The Morgan fingerprint density at radius 2 is 2.08 bits per heavy atom. The number of ether oxygens (including phenoxy) is 1. The number of alkyl halides is 3. The zero-order chi connectivity index (χ0) is 17.3. The molecule has 3 rings (SSSR count). The van der Waals surface area contributed by atoms with Crippen LogP contribution < -0.4 is 5.32 Å². The maximum absolute atomic E-state index is 12.6. The number of H-pyrrole nitrogens is 1. The van der Waals surface area contributed by atoms with Crippen molar-refractivity contribution >= 4 is 5.91 Å². The fraction of sp³-hybridized carbons (Fsp3) is 0.733. The Morgan fingerprint density at radius 3 is 2.62 bits per heavy atom. The number of aromatic nitrogens is 2. The van der Waals surface area contributed by atoms with E-state index in [0.717, 1.165) is 6.20 Å². The topological polar surface area (TPSA) is 70.2 Å². The molecule has 2 aliphatic rings. The fourth-order valence-electron chi connectivity index (χ4n) is 3.35. The number of halogens is 3. The zero-order valence-corrected chi connectivity index (χ0v) is 13.4. The number of likely N-dealkylation sites (tertiary alicyclic amines) is 1. The largest absolute Gasteiger partial charge is 0.432 e. The van der Waals surface area contributed by atoms with Crippen molar-refractivity contribution < 1.29 is 22.7 Å². The van der Waals surface area contributed by atoms with Crippen LogP contribution >= 0.6 is 0 Å². The molecule has 2 fully saturated rings. The van der Waals surface area contributed by atoms with Crippen LogP contribution in [0.1, 0.15) is 36.7 Å². The number of aromatic amines is 1. The number of nitrogens with zero attached hydrogens (tertiary/aromatic N) is 2. The van der Waals surface area contributed by atoms with Crippen molar-refractivity contribution in [1.29, 1.82) is 0 Å². The molecular formula is C15H21F3N4O2. The Morgan fingerprint density at radius 1 is 1.38 bits per heavy atom. The molecule has 2 atom stereocenters. The SMILES string of the molecule is CO[C@@H]1CN[C@@H](C(=O)N2CCC(c3ncc(C(F)(F)F)[nH]3)CC2)C1. The Labute approximate surface area is 137 Å². The molecular weight excluding hydrogens is 325 g/mol. The highest BCUT2D eigenvalue weighted by Crippen LogP contribution is 2.31. The van der Waals surface area contributed by atoms with Crippen molar-refractivity contribution in [2.75, 3.05) is 26.7 Å². The van der Waals surface area contributed by atoms with Gasteiger partial charge in [-0.2, -0.15) is 13.2 Å². The van der Waals surface area contributed by atoms with Gasteiger partial charge < -0.3 is 19.9 Å². The molecule has 9 heteroatoms. The van der Waals surface area contributed by atoms with Crippen LogP contribution in [-0.2, 0) is 15.7 Å². The molecule has 0 bridgehead atoms. The molecule has 0 aromatic carbocycles. The van der Waals surface area contributed by atoms with E-state index in [4.69, 9.17) is 4.74 Å². The van der Waals surface area contributed by atoms with Crippen LogP contribution in [0.25, 0.3) is 0 Å². The van der Waals surface area contributed by atoms with Gasteiger partial charge in [-0.25, -0.2) is 4.98 Å². The quantitative estimate of drug-likeness (QED) is 0.870. The molecule has 0 spiro atoms. The molecule has 0 radical (unpaired) electrons. The predicted octanol–water partition coefficient (Wildman–Crippen LogP) is 1.51. The first-order valence-corrected chi connectivity index (χ1v) is 8.05. The molecule has 0 aliphatic carbocycles. The molecule has 134 valence electrons. The highest BCUT2D eigenvalue weighted by molar-refractivity contribution is 5.82. The highest BCUT2D eigenvalue weighted by atomic mass is 19.4. The second kappa shape index (κ2) is 6.72. The molecule has 2 N–H and O–H groups in total. The summed E-state index contributed by atoms with van der Waals surface area (Å²) >= 11 is 0. The summed E-state index contributed by atoms with van der Waals surface area (Å²) < 4.78 is 43.1. The molecule has 1 aromatic heterocycles. The third-order valence-corrected chi connectivity index (χ3v) is 4.82. The second-order valence-corrected chi connectivity index (χ2v) is 6.33. The van der Waals surface area contributed by atoms with Gasteiger partial charge >= 0.3 is 6.18 Å². The summed E-state index contributed by atoms with van der Waals surface area (Å²) in [6.07, 6.45) is -1.65. The summed E-state index contributed by atoms with van der Waals surface area (Å²) in [6.45, 7) is 1.72. The number of imidazole rings is 1. The van der Waals surface area contributed by atoms with Gasteiger partial charge in [0.2, 0.25) is 5.91 Å². The van der Waals surface area contributed by atoms with Gasteiger partial charge in [-0.1, -0.05) is 0 Å². The van der Waals surface area contributed by atoms with Crippen molar-refractivity contribution in [2.45, 2.75) is 43.5 Å². The number of piperidine rings is 1. The number of nitrogens with one attached hydrogen (secondary N) is 2. The minimum absolute atomic E-state index is 0.0448. The summed E-state index contributed by atoms with van der Waals surface area (Å²) in [7, 11) is 1.63. The smallest absolute Gasteiger partial charge is 0.380 e. The maximum atomic E-state index is 12.6. The average molecular weight is 346 g/mol. The molecule has 2 aliphatic heterocycles. The minimum Gasteiger partial charge on any atom is -0.380 e. The van der Waals surface area contributed by atoms with Crippen molar-refractivity contribution in [3.63, 3.8) is 0 Å². The number of rotatable bonds is 3. The number of hydrogen-bond donors (Lipinski definition) is 2. The number of carbonyl (C=O) groups excluding carboxylic acids is 1. The van der Waals surface area contributed by atoms with E-state index in [1.54, 1.807) is 12.0 Å². The normalized spacial score (nSPS) is 26.1. The zero-order valence-electron chi connectivity index (χ0n) is 13.4. The van der Waals surface area contributed by atoms with Crippen LogP contribution in [0.15, 0.2) is 6.20 Å². The van der Waals surface area contributed by atoms with Gasteiger partial charge in [0.1, 0.15) is 11.5 Å². The van der Waals surface area contributed by atoms with E-state index in [1.165, 1.54) is 0 Å². The summed E-state index contributed by atoms with van der Waals surface area (Å²) in [4.78, 5) is 20.5. The molecule has 2 saturated heterocycles. The third kappa shape index (κ3) is 3.56. The number of amides is 1. The maximum Gasteiger partial charge on any atom is 0.432 e. The van der Waals surface area contributed by atoms with Crippen molar-refractivity contribution in [3.8, 4) is 0 Å². The number of methoxy groups -OCH3 is 1. The standard InChI is InChI=1S/C15H21F3N4O2/c1-24-10-6-11(19-7-10)14(23)22-4-2-9(3-5-22)13-20-8-12(21-13)15(16,17)18/h8-11,19H,2-7H2,1H3,(H,20,21)/t10-,11+/m0/s1. The molecule has 0 saturated carbocycles. The average Bonchev–Trinajstić information content (AvgIpc) is 3.23. The highest BCUT2D eigenvalue weighted by Gasteiger charge is 2.36. The predicted molar refractivity (Wildman–Crippen MR) is 79.3 cm³/mol. The second-order valence-electron chi connectivity index (χ2n) is 6.33. The van der Waals surface area contributed by atoms with E-state index in [0.29, 0.717) is 44.7 Å². The fourth-order valence-corrected chi connectivity index (χ4v) is 3.35. The first kappa shape index (κ1) is 17.2. The van der Waals surface area contributed by atoms with E-state index in [1.807, 2.05) is 0 Å². The Hall–Kier alpha value is -1.61. The lowest BCUT2D eigenvalue weighted by molar-refractivity contribution is -0.141. The van der Waals surface area contributed by atoms with Crippen LogP contribution in [0.5, 0.6) is 0 Å². The molecule has 3 heterocycles. The van der Waals surface area contributed by atoms with Gasteiger partial charge in [0, 0.05) is 32.7 Å². The molecule has 0 unspecified atom stereocenters. The van der Waals surface area contributed by atoms with E-state index >= 15 is 0 Å². The molecule has 24 heavy (non-hydrogen) atoms. The lowest BCUT2D eigenvalue weighted by atomic mass is 9.95. The van der Waals surface area contributed by atoms with Crippen molar-refractivity contribution in [3.05, 3.63) is 17.7 Å². The molecule has 1 aromatic rings. The van der Waals surface area contributed by atoms with E-state index in [2.05, 4.69) is 15.3 Å². The van der Waals surface area contributed by atoms with Gasteiger partial charge in [0.25, 0.3) is 0 Å². The van der Waals surface area contributed by atoms with E-state index < -0.39 is 11.9 Å². The van der Waals surface area contributed by atoms with Gasteiger partial charge in [-0.15, -0.1) is 0 Å². The van der Waals surface area contributed by atoms with Crippen molar-refractivity contribution in [2.24, 2.45) is 0 Å². The van der Waals surface area contributed by atoms with Gasteiger partial charge in [-0.3, -0.25) is 4.79 Å². The van der Waals surface area contributed by atoms with E-state index in [-0.39, 0.29) is 24.0 Å².